The van der Waals surface area contributed by atoms with Crippen molar-refractivity contribution in [2.45, 2.75) is 18.3 Å². The van der Waals surface area contributed by atoms with Crippen LogP contribution >= 0.6 is 11.8 Å². The normalized spacial score (nSPS) is 11.6. The molecule has 11 heteroatoms. The number of hydrogen-bond donors (Lipinski definition) is 1. The van der Waals surface area contributed by atoms with E-state index in [1.165, 1.54) is 30.1 Å². The molecule has 0 saturated heterocycles. The fourth-order valence-electron chi connectivity index (χ4n) is 3.33. The van der Waals surface area contributed by atoms with E-state index in [-0.39, 0.29) is 5.75 Å². The van der Waals surface area contributed by atoms with Crippen molar-refractivity contribution in [2.75, 3.05) is 12.4 Å². The van der Waals surface area contributed by atoms with E-state index in [2.05, 4.69) is 20.7 Å². The van der Waals surface area contributed by atoms with Gasteiger partial charge in [0.2, 0.25) is 0 Å². The molecule has 1 N–H and O–H groups in total. The first-order valence-corrected chi connectivity index (χ1v) is 12.2. The maximum atomic E-state index is 12.7. The minimum atomic E-state index is -4.41. The number of halogens is 3. The number of hydrazone groups is 1. The van der Waals surface area contributed by atoms with E-state index < -0.39 is 17.6 Å². The van der Waals surface area contributed by atoms with Gasteiger partial charge in [-0.2, -0.15) is 18.3 Å². The molecule has 0 unspecified atom stereocenters. The van der Waals surface area contributed by atoms with Crippen LogP contribution in [0.2, 0.25) is 0 Å². The third-order valence-electron chi connectivity index (χ3n) is 5.04. The van der Waals surface area contributed by atoms with Gasteiger partial charge in [0.15, 0.2) is 11.0 Å². The smallest absolute Gasteiger partial charge is 0.416 e. The molecule has 0 spiro atoms. The summed E-state index contributed by atoms with van der Waals surface area (Å²) >= 11 is 1.18. The van der Waals surface area contributed by atoms with Crippen LogP contribution in [-0.4, -0.2) is 39.2 Å². The van der Waals surface area contributed by atoms with Gasteiger partial charge in [0.25, 0.3) is 5.91 Å². The monoisotopic (exact) mass is 525 g/mol. The fourth-order valence-corrected chi connectivity index (χ4v) is 4.07. The Morgan fingerprint density at radius 3 is 2.38 bits per heavy atom. The van der Waals surface area contributed by atoms with Crippen molar-refractivity contribution >= 4 is 23.9 Å². The van der Waals surface area contributed by atoms with Crippen LogP contribution in [-0.2, 0) is 11.0 Å². The van der Waals surface area contributed by atoms with Crippen LogP contribution in [0.3, 0.4) is 0 Å². The van der Waals surface area contributed by atoms with E-state index >= 15 is 0 Å². The molecule has 1 heterocycles. The van der Waals surface area contributed by atoms with E-state index in [0.717, 1.165) is 29.1 Å². The lowest BCUT2D eigenvalue weighted by Crippen LogP contribution is -2.20. The number of ether oxygens (including phenoxy) is 1. The SMILES string of the molecule is CCOc1ccc(-n2c(SCC(=O)NN=Cc3ccc(C(F)(F)F)cc3)nnc2-c2ccccc2)cc1. The molecule has 1 amide bonds. The van der Waals surface area contributed by atoms with Crippen molar-refractivity contribution in [3.63, 3.8) is 0 Å². The van der Waals surface area contributed by atoms with Gasteiger partial charge in [-0.1, -0.05) is 54.2 Å². The van der Waals surface area contributed by atoms with Gasteiger partial charge < -0.3 is 4.74 Å². The van der Waals surface area contributed by atoms with Crippen molar-refractivity contribution in [3.8, 4) is 22.8 Å². The lowest BCUT2D eigenvalue weighted by Gasteiger charge is -2.11. The minimum absolute atomic E-state index is 0.00565. The second-order valence-corrected chi connectivity index (χ2v) is 8.58. The lowest BCUT2D eigenvalue weighted by atomic mass is 10.1. The van der Waals surface area contributed by atoms with Crippen LogP contribution in [0.25, 0.3) is 17.1 Å². The first-order valence-electron chi connectivity index (χ1n) is 11.2. The van der Waals surface area contributed by atoms with Crippen molar-refractivity contribution in [1.82, 2.24) is 20.2 Å². The Hall–Kier alpha value is -4.12. The summed E-state index contributed by atoms with van der Waals surface area (Å²) in [7, 11) is 0. The van der Waals surface area contributed by atoms with Crippen LogP contribution in [0.4, 0.5) is 13.2 Å². The van der Waals surface area contributed by atoms with E-state index in [4.69, 9.17) is 4.74 Å². The molecule has 4 aromatic rings. The summed E-state index contributed by atoms with van der Waals surface area (Å²) in [6.07, 6.45) is -3.13. The van der Waals surface area contributed by atoms with Crippen LogP contribution in [0.1, 0.15) is 18.1 Å². The average molecular weight is 526 g/mol. The zero-order chi connectivity index (χ0) is 26.3. The van der Waals surface area contributed by atoms with Crippen LogP contribution in [0.15, 0.2) is 89.1 Å². The first-order chi connectivity index (χ1) is 17.8. The Morgan fingerprint density at radius 1 is 1.03 bits per heavy atom. The topological polar surface area (TPSA) is 81.4 Å². The third kappa shape index (κ3) is 6.76. The summed E-state index contributed by atoms with van der Waals surface area (Å²) < 4.78 is 45.4. The molecule has 0 aliphatic heterocycles. The Bertz CT molecular complexity index is 1360. The number of nitrogens with zero attached hydrogens (tertiary/aromatic N) is 4. The highest BCUT2D eigenvalue weighted by molar-refractivity contribution is 7.99. The summed E-state index contributed by atoms with van der Waals surface area (Å²) in [5.74, 6) is 0.942. The number of hydrogen-bond acceptors (Lipinski definition) is 6. The number of benzene rings is 3. The number of carbonyl (C=O) groups excluding carboxylic acids is 1. The molecule has 0 aliphatic carbocycles. The number of aromatic nitrogens is 3. The maximum absolute atomic E-state index is 12.7. The Morgan fingerprint density at radius 2 is 1.73 bits per heavy atom. The zero-order valence-electron chi connectivity index (χ0n) is 19.6. The van der Waals surface area contributed by atoms with Gasteiger partial charge in [-0.25, -0.2) is 5.43 Å². The highest BCUT2D eigenvalue weighted by atomic mass is 32.2. The van der Waals surface area contributed by atoms with Gasteiger partial charge in [-0.3, -0.25) is 9.36 Å². The molecule has 0 aliphatic rings. The van der Waals surface area contributed by atoms with Crippen LogP contribution < -0.4 is 10.2 Å². The van der Waals surface area contributed by atoms with Crippen LogP contribution in [0.5, 0.6) is 5.75 Å². The molecule has 1 aromatic heterocycles. The van der Waals surface area contributed by atoms with Crippen LogP contribution in [0, 0.1) is 0 Å². The Balaban J connectivity index is 1.46. The van der Waals surface area contributed by atoms with Crippen molar-refractivity contribution in [1.29, 1.82) is 0 Å². The van der Waals surface area contributed by atoms with Gasteiger partial charge in [-0.15, -0.1) is 10.2 Å². The molecule has 0 fully saturated rings. The number of alkyl halides is 3. The van der Waals surface area contributed by atoms with Crippen molar-refractivity contribution in [3.05, 3.63) is 90.0 Å². The predicted molar refractivity (Wildman–Crippen MR) is 136 cm³/mol. The molecular weight excluding hydrogens is 503 g/mol. The molecule has 0 atom stereocenters. The summed E-state index contributed by atoms with van der Waals surface area (Å²) in [5.41, 5.74) is 3.71. The quantitative estimate of drug-likeness (QED) is 0.175. The molecule has 0 bridgehead atoms. The molecule has 37 heavy (non-hydrogen) atoms. The van der Waals surface area contributed by atoms with E-state index in [1.54, 1.807) is 0 Å². The molecule has 0 radical (unpaired) electrons. The summed E-state index contributed by atoms with van der Waals surface area (Å²) in [6, 6.07) is 21.5. The number of carbonyl (C=O) groups is 1. The van der Waals surface area contributed by atoms with Gasteiger partial charge in [-0.05, 0) is 48.9 Å². The number of thioether (sulfide) groups is 1. The summed E-state index contributed by atoms with van der Waals surface area (Å²) in [5, 5.41) is 13.0. The Kier molecular flexibility index (Phi) is 8.24. The molecule has 7 nitrogen and oxygen atoms in total. The number of nitrogens with one attached hydrogen (secondary N) is 1. The van der Waals surface area contributed by atoms with E-state index in [9.17, 15) is 18.0 Å². The van der Waals surface area contributed by atoms with Gasteiger partial charge >= 0.3 is 6.18 Å². The fraction of sp³-hybridized carbons (Fsp3) is 0.154. The number of amides is 1. The second kappa shape index (κ2) is 11.7. The second-order valence-electron chi connectivity index (χ2n) is 7.64. The lowest BCUT2D eigenvalue weighted by molar-refractivity contribution is -0.137. The van der Waals surface area contributed by atoms with Crippen molar-refractivity contribution < 1.29 is 22.7 Å². The summed E-state index contributed by atoms with van der Waals surface area (Å²) in [6.45, 7) is 2.47. The number of rotatable bonds is 9. The van der Waals surface area contributed by atoms with Gasteiger partial charge in [0.05, 0.1) is 24.1 Å². The molecule has 4 rings (SSSR count). The van der Waals surface area contributed by atoms with Gasteiger partial charge in [0, 0.05) is 11.3 Å². The average Bonchev–Trinajstić information content (AvgIpc) is 3.32. The highest BCUT2D eigenvalue weighted by Gasteiger charge is 2.29. The first kappa shape index (κ1) is 26.0. The molecule has 190 valence electrons. The van der Waals surface area contributed by atoms with E-state index in [0.29, 0.717) is 23.2 Å². The minimum Gasteiger partial charge on any atom is -0.494 e. The molecular formula is C26H22F3N5O2S. The largest absolute Gasteiger partial charge is 0.494 e. The van der Waals surface area contributed by atoms with E-state index in [1.807, 2.05) is 66.1 Å². The standard InChI is InChI=1S/C26H22F3N5O2S/c1-2-36-22-14-12-21(13-15-22)34-24(19-6-4-3-5-7-19)32-33-25(34)37-17-23(35)31-30-16-18-8-10-20(11-9-18)26(27,28)29/h3-16H,2,17H2,1H3,(H,31,35). The predicted octanol–water partition coefficient (Wildman–Crippen LogP) is 5.59. The Labute approximate surface area is 215 Å². The molecule has 0 saturated carbocycles. The summed E-state index contributed by atoms with van der Waals surface area (Å²) in [4.78, 5) is 12.4. The maximum Gasteiger partial charge on any atom is 0.416 e. The van der Waals surface area contributed by atoms with Gasteiger partial charge in [0.1, 0.15) is 5.75 Å². The molecule has 3 aromatic carbocycles. The van der Waals surface area contributed by atoms with Crippen molar-refractivity contribution in [2.24, 2.45) is 5.10 Å². The third-order valence-corrected chi connectivity index (χ3v) is 5.97. The highest BCUT2D eigenvalue weighted by Crippen LogP contribution is 2.30. The zero-order valence-corrected chi connectivity index (χ0v) is 20.5.